The molecule has 1 saturated heterocycles. The number of fused-ring (bicyclic) bond motifs is 1. The summed E-state index contributed by atoms with van der Waals surface area (Å²) >= 11 is 0. The third-order valence-corrected chi connectivity index (χ3v) is 9.71. The fourth-order valence-electron chi connectivity index (χ4n) is 5.28. The molecule has 2 aliphatic rings. The van der Waals surface area contributed by atoms with Gasteiger partial charge in [0.1, 0.15) is 34.9 Å². The maximum atomic E-state index is 14.3. The number of carbonyl (C=O) groups excluding carboxylic acids is 4. The maximum absolute atomic E-state index is 14.3. The predicted octanol–water partition coefficient (Wildman–Crippen LogP) is 3.17. The lowest BCUT2D eigenvalue weighted by Gasteiger charge is -2.36. The van der Waals surface area contributed by atoms with E-state index >= 15 is 0 Å². The number of likely N-dealkylation sites (tertiary alicyclic amines) is 1. The molecule has 1 aliphatic heterocycles. The van der Waals surface area contributed by atoms with Crippen molar-refractivity contribution in [3.63, 3.8) is 0 Å². The molecule has 1 aliphatic carbocycles. The van der Waals surface area contributed by atoms with Gasteiger partial charge in [-0.15, -0.1) is 6.58 Å². The fourth-order valence-corrected chi connectivity index (χ4v) is 6.69. The number of sulfonamides is 1. The van der Waals surface area contributed by atoms with Crippen molar-refractivity contribution in [3.05, 3.63) is 37.2 Å². The molecule has 0 aromatic carbocycles. The Kier molecular flexibility index (Phi) is 10.0. The van der Waals surface area contributed by atoms with Crippen LogP contribution in [0.5, 0.6) is 5.88 Å². The Morgan fingerprint density at radius 1 is 1.13 bits per heavy atom. The van der Waals surface area contributed by atoms with E-state index in [-0.39, 0.29) is 25.3 Å². The van der Waals surface area contributed by atoms with Gasteiger partial charge in [0.15, 0.2) is 0 Å². The van der Waals surface area contributed by atoms with Gasteiger partial charge in [0.05, 0.1) is 23.4 Å². The highest BCUT2D eigenvalue weighted by atomic mass is 32.2. The summed E-state index contributed by atoms with van der Waals surface area (Å²) in [6.45, 7) is 15.4. The number of hydrogen-bond acceptors (Lipinski definition) is 10. The van der Waals surface area contributed by atoms with Crippen molar-refractivity contribution >= 4 is 44.8 Å². The van der Waals surface area contributed by atoms with Crippen LogP contribution in [0.25, 0.3) is 11.0 Å². The molecule has 3 N–H and O–H groups in total. The van der Waals surface area contributed by atoms with E-state index in [9.17, 15) is 27.6 Å². The summed E-state index contributed by atoms with van der Waals surface area (Å²) in [5, 5.41) is 5.30. The molecule has 4 rings (SSSR count). The summed E-state index contributed by atoms with van der Waals surface area (Å²) in [5.41, 5.74) is -2.81. The molecule has 4 amide bonds. The summed E-state index contributed by atoms with van der Waals surface area (Å²) in [5.74, 6) is -1.96. The van der Waals surface area contributed by atoms with Crippen molar-refractivity contribution in [2.45, 2.75) is 109 Å². The quantitative estimate of drug-likeness (QED) is 0.299. The monoisotopic (exact) mass is 675 g/mol. The fraction of sp³-hybridized carbons (Fsp3) is 0.594. The van der Waals surface area contributed by atoms with E-state index in [1.54, 1.807) is 53.7 Å². The number of hydrogen-bond donors (Lipinski definition) is 3. The molecule has 0 spiro atoms. The van der Waals surface area contributed by atoms with E-state index in [2.05, 4.69) is 26.9 Å². The maximum Gasteiger partial charge on any atom is 0.408 e. The Labute approximate surface area is 275 Å². The molecular formula is C32H45N5O9S. The third-order valence-electron chi connectivity index (χ3n) is 7.90. The zero-order valence-electron chi connectivity index (χ0n) is 27.9. The number of amides is 4. The van der Waals surface area contributed by atoms with E-state index in [1.165, 1.54) is 30.4 Å². The lowest BCUT2D eigenvalue weighted by molar-refractivity contribution is -0.143. The van der Waals surface area contributed by atoms with Crippen LogP contribution in [0, 0.1) is 5.41 Å². The first kappa shape index (κ1) is 35.7. The molecule has 4 atom stereocenters. The smallest absolute Gasteiger partial charge is 0.408 e. The highest BCUT2D eigenvalue weighted by Gasteiger charge is 2.48. The Morgan fingerprint density at radius 2 is 1.81 bits per heavy atom. The minimum Gasteiger partial charge on any atom is -0.472 e. The largest absolute Gasteiger partial charge is 0.472 e. The first-order chi connectivity index (χ1) is 21.7. The number of nitrogens with one attached hydrogen (secondary N) is 3. The summed E-state index contributed by atoms with van der Waals surface area (Å²) in [7, 11) is -3.91. The van der Waals surface area contributed by atoms with Gasteiger partial charge >= 0.3 is 6.09 Å². The second-order valence-corrected chi connectivity index (χ2v) is 16.3. The SMILES string of the molecule is C=CC[C@](C)(NC(=O)[C@H]1C[C@@H](Oc2nccc3occc23)CN1C(=O)[C@@H](NC(=O)OC(C)(C)C)C(C)(C)C)C(=O)NS(=O)(=O)C1CC1. The van der Waals surface area contributed by atoms with Gasteiger partial charge in [0.2, 0.25) is 27.7 Å². The van der Waals surface area contributed by atoms with Gasteiger partial charge in [0.25, 0.3) is 5.91 Å². The first-order valence-electron chi connectivity index (χ1n) is 15.5. The number of alkyl carbamates (subject to hydrolysis) is 1. The van der Waals surface area contributed by atoms with Crippen LogP contribution >= 0.6 is 0 Å². The molecule has 0 bridgehead atoms. The summed E-state index contributed by atoms with van der Waals surface area (Å²) < 4.78 is 44.3. The number of furan rings is 1. The van der Waals surface area contributed by atoms with Crippen LogP contribution in [0.15, 0.2) is 41.7 Å². The number of rotatable bonds is 11. The van der Waals surface area contributed by atoms with E-state index < -0.39 is 73.8 Å². The number of nitrogens with zero attached hydrogens (tertiary/aromatic N) is 2. The summed E-state index contributed by atoms with van der Waals surface area (Å²) in [6, 6.07) is 1.08. The minimum absolute atomic E-state index is 0.00293. The molecule has 0 unspecified atom stereocenters. The van der Waals surface area contributed by atoms with Crippen LogP contribution in [-0.2, 0) is 29.1 Å². The number of aromatic nitrogens is 1. The standard InChI is InChI=1S/C32H45N5O9S/c1-9-14-32(8,28(40)36-47(42,43)20-10-11-20)35-25(38)22-17-19(45-26-21-13-16-44-23(21)12-15-33-26)18-37(22)27(39)24(30(2,3)4)34-29(41)46-31(5,6)7/h9,12-13,15-16,19-20,22,24H,1,10-11,14,17-18H2,2-8H3,(H,34,41)(H,35,38)(H,36,40)/t19-,22-,24-,32+/m1/s1. The van der Waals surface area contributed by atoms with E-state index in [0.29, 0.717) is 23.8 Å². The Morgan fingerprint density at radius 3 is 2.40 bits per heavy atom. The second-order valence-electron chi connectivity index (χ2n) is 14.4. The van der Waals surface area contributed by atoms with Crippen molar-refractivity contribution in [1.29, 1.82) is 0 Å². The first-order valence-corrected chi connectivity index (χ1v) is 17.1. The Hall–Kier alpha value is -4.14. The highest BCUT2D eigenvalue weighted by molar-refractivity contribution is 7.90. The van der Waals surface area contributed by atoms with Gasteiger partial charge in [0, 0.05) is 12.6 Å². The number of pyridine rings is 1. The van der Waals surface area contributed by atoms with Crippen LogP contribution in [0.1, 0.15) is 74.1 Å². The van der Waals surface area contributed by atoms with Crippen molar-refractivity contribution in [2.75, 3.05) is 6.54 Å². The zero-order valence-corrected chi connectivity index (χ0v) is 28.7. The third kappa shape index (κ3) is 8.62. The molecular weight excluding hydrogens is 630 g/mol. The molecule has 2 aromatic rings. The molecule has 14 nitrogen and oxygen atoms in total. The van der Waals surface area contributed by atoms with Crippen molar-refractivity contribution in [3.8, 4) is 5.88 Å². The minimum atomic E-state index is -3.91. The highest BCUT2D eigenvalue weighted by Crippen LogP contribution is 2.32. The topological polar surface area (TPSA) is 186 Å². The molecule has 258 valence electrons. The van der Waals surface area contributed by atoms with Crippen molar-refractivity contribution < 1.29 is 41.5 Å². The van der Waals surface area contributed by atoms with Crippen molar-refractivity contribution in [2.24, 2.45) is 5.41 Å². The lowest BCUT2D eigenvalue weighted by Crippen LogP contribution is -2.62. The Balaban J connectivity index is 1.64. The van der Waals surface area contributed by atoms with Gasteiger partial charge in [-0.2, -0.15) is 0 Å². The molecule has 2 fully saturated rings. The van der Waals surface area contributed by atoms with Gasteiger partial charge in [-0.3, -0.25) is 19.1 Å². The van der Waals surface area contributed by atoms with Crippen LogP contribution < -0.4 is 20.1 Å². The van der Waals surface area contributed by atoms with Gasteiger partial charge in [-0.25, -0.2) is 18.2 Å². The number of ether oxygens (including phenoxy) is 2. The van der Waals surface area contributed by atoms with Crippen LogP contribution in [-0.4, -0.2) is 83.2 Å². The average Bonchev–Trinajstić information content (AvgIpc) is 3.55. The van der Waals surface area contributed by atoms with Crippen LogP contribution in [0.4, 0.5) is 4.79 Å². The molecule has 47 heavy (non-hydrogen) atoms. The second kappa shape index (κ2) is 13.2. The Bertz CT molecular complexity index is 1640. The van der Waals surface area contributed by atoms with E-state index in [1.807, 2.05) is 0 Å². The normalized spacial score (nSPS) is 20.5. The van der Waals surface area contributed by atoms with Gasteiger partial charge in [-0.1, -0.05) is 26.8 Å². The molecule has 3 heterocycles. The van der Waals surface area contributed by atoms with Crippen LogP contribution in [0.3, 0.4) is 0 Å². The molecule has 15 heteroatoms. The van der Waals surface area contributed by atoms with Gasteiger partial charge < -0.3 is 29.4 Å². The summed E-state index contributed by atoms with van der Waals surface area (Å²) in [6.07, 6.45) is 3.67. The van der Waals surface area contributed by atoms with E-state index in [4.69, 9.17) is 13.9 Å². The molecule has 2 aromatic heterocycles. The van der Waals surface area contributed by atoms with Crippen LogP contribution in [0.2, 0.25) is 0 Å². The van der Waals surface area contributed by atoms with E-state index in [0.717, 1.165) is 0 Å². The summed E-state index contributed by atoms with van der Waals surface area (Å²) in [4.78, 5) is 60.1. The van der Waals surface area contributed by atoms with Crippen molar-refractivity contribution in [1.82, 2.24) is 25.2 Å². The predicted molar refractivity (Wildman–Crippen MR) is 173 cm³/mol. The molecule has 0 radical (unpaired) electrons. The van der Waals surface area contributed by atoms with Gasteiger partial charge in [-0.05, 0) is 64.5 Å². The average molecular weight is 676 g/mol. The lowest BCUT2D eigenvalue weighted by atomic mass is 9.85. The zero-order chi connectivity index (χ0) is 34.9. The number of carbonyl (C=O) groups is 4. The molecule has 1 saturated carbocycles.